The fraction of sp³-hybridized carbons (Fsp3) is 0.211. The van der Waals surface area contributed by atoms with Crippen LogP contribution < -0.4 is 21.5 Å². The molecule has 0 radical (unpaired) electrons. The summed E-state index contributed by atoms with van der Waals surface area (Å²) in [6.07, 6.45) is 1.49. The van der Waals surface area contributed by atoms with Gasteiger partial charge in [-0.2, -0.15) is 9.94 Å². The number of hydrogen-bond acceptors (Lipinski definition) is 6. The van der Waals surface area contributed by atoms with Crippen LogP contribution in [0.5, 0.6) is 11.5 Å². The second-order valence-electron chi connectivity index (χ2n) is 6.71. The van der Waals surface area contributed by atoms with E-state index in [-0.39, 0.29) is 33.1 Å². The number of halogens is 2. The Balaban J connectivity index is 1.78. The summed E-state index contributed by atoms with van der Waals surface area (Å²) in [6.45, 7) is 1.96. The number of nitriles is 1. The lowest BCUT2D eigenvalue weighted by Gasteiger charge is -2.15. The number of nitrogens with zero attached hydrogens (tertiary/aromatic N) is 4. The first kappa shape index (κ1) is 19.9. The van der Waals surface area contributed by atoms with Crippen LogP contribution in [0.25, 0.3) is 5.69 Å². The second-order valence-corrected chi connectivity index (χ2v) is 7.53. The summed E-state index contributed by atoms with van der Waals surface area (Å²) < 4.78 is 8.42. The van der Waals surface area contributed by atoms with E-state index >= 15 is 0 Å². The zero-order valence-electron chi connectivity index (χ0n) is 15.5. The van der Waals surface area contributed by atoms with Gasteiger partial charge in [0.05, 0.1) is 21.4 Å². The normalized spacial score (nSPS) is 14.9. The summed E-state index contributed by atoms with van der Waals surface area (Å²) in [5, 5.41) is 12.8. The molecule has 1 aromatic carbocycles. The van der Waals surface area contributed by atoms with Gasteiger partial charge in [-0.3, -0.25) is 14.6 Å². The molecule has 0 spiro atoms. The van der Waals surface area contributed by atoms with E-state index in [0.29, 0.717) is 12.2 Å². The van der Waals surface area contributed by atoms with Gasteiger partial charge in [-0.05, 0) is 38.0 Å². The number of aromatic amines is 1. The van der Waals surface area contributed by atoms with Crippen LogP contribution in [0.15, 0.2) is 38.6 Å². The number of benzene rings is 1. The van der Waals surface area contributed by atoms with Gasteiger partial charge < -0.3 is 9.30 Å². The van der Waals surface area contributed by atoms with E-state index in [1.165, 1.54) is 18.2 Å². The molecule has 11 heteroatoms. The maximum Gasteiger partial charge on any atom is 0.349 e. The number of ether oxygens (including phenoxy) is 1. The Morgan fingerprint density at radius 3 is 2.60 bits per heavy atom. The summed E-state index contributed by atoms with van der Waals surface area (Å²) in [6, 6.07) is 7.40. The molecule has 152 valence electrons. The largest absolute Gasteiger partial charge is 0.452 e. The molecule has 30 heavy (non-hydrogen) atoms. The molecule has 4 rings (SSSR count). The third-order valence-corrected chi connectivity index (χ3v) is 5.36. The molecule has 9 nitrogen and oxygen atoms in total. The molecule has 0 saturated carbocycles. The average molecular weight is 446 g/mol. The van der Waals surface area contributed by atoms with Crippen molar-refractivity contribution >= 4 is 23.2 Å². The summed E-state index contributed by atoms with van der Waals surface area (Å²) in [4.78, 5) is 37.8. The third kappa shape index (κ3) is 3.30. The number of hydrogen-bond donors (Lipinski definition) is 1. The summed E-state index contributed by atoms with van der Waals surface area (Å²) in [5.41, 5.74) is -1.44. The van der Waals surface area contributed by atoms with E-state index in [4.69, 9.17) is 33.2 Å². The third-order valence-electron chi connectivity index (χ3n) is 4.80. The van der Waals surface area contributed by atoms with Crippen molar-refractivity contribution < 1.29 is 4.74 Å². The summed E-state index contributed by atoms with van der Waals surface area (Å²) >= 11 is 12.7. The number of H-pyrrole nitrogens is 1. The lowest BCUT2D eigenvalue weighted by Crippen LogP contribution is -2.33. The summed E-state index contributed by atoms with van der Waals surface area (Å²) in [7, 11) is 0. The predicted octanol–water partition coefficient (Wildman–Crippen LogP) is 2.56. The van der Waals surface area contributed by atoms with Crippen LogP contribution >= 0.6 is 23.2 Å². The lowest BCUT2D eigenvalue weighted by molar-refractivity contribution is 0.467. The van der Waals surface area contributed by atoms with Crippen LogP contribution in [0, 0.1) is 11.3 Å². The first-order chi connectivity index (χ1) is 14.3. The van der Waals surface area contributed by atoms with Crippen molar-refractivity contribution in [3.63, 3.8) is 0 Å². The number of rotatable bonds is 3. The van der Waals surface area contributed by atoms with Crippen LogP contribution in [0.4, 0.5) is 0 Å². The SMILES string of the molecule is CC1CCc2c(Oc3c(Cl)cc(-n4nc(C#N)c(=O)[nH]c4=O)cc3Cl)ccc(=O)n21. The second kappa shape index (κ2) is 7.48. The minimum absolute atomic E-state index is 0.0666. The van der Waals surface area contributed by atoms with Crippen LogP contribution in [0.2, 0.25) is 10.0 Å². The maximum absolute atomic E-state index is 12.1. The first-order valence-corrected chi connectivity index (χ1v) is 9.61. The number of nitrogens with one attached hydrogen (secondary N) is 1. The molecule has 0 amide bonds. The average Bonchev–Trinajstić information content (AvgIpc) is 3.09. The minimum Gasteiger partial charge on any atom is -0.452 e. The standard InChI is InChI=1S/C19H13Cl2N5O4/c1-9-2-3-14-15(4-5-16(27)25(9)14)30-17-11(20)6-10(7-12(17)21)26-19(29)23-18(28)13(8-22)24-26/h4-7,9H,2-3H2,1H3,(H,23,28,29). The molecular weight excluding hydrogens is 433 g/mol. The van der Waals surface area contributed by atoms with Gasteiger partial charge >= 0.3 is 5.69 Å². The Morgan fingerprint density at radius 2 is 1.93 bits per heavy atom. The molecule has 1 atom stereocenters. The van der Waals surface area contributed by atoms with Gasteiger partial charge in [0.15, 0.2) is 5.75 Å². The van der Waals surface area contributed by atoms with Crippen LogP contribution in [0.3, 0.4) is 0 Å². The Labute approximate surface area is 178 Å². The molecule has 3 heterocycles. The topological polar surface area (TPSA) is 123 Å². The van der Waals surface area contributed by atoms with E-state index in [1.54, 1.807) is 16.7 Å². The minimum atomic E-state index is -0.890. The Kier molecular flexibility index (Phi) is 4.97. The molecule has 0 saturated heterocycles. The maximum atomic E-state index is 12.1. The van der Waals surface area contributed by atoms with Gasteiger partial charge in [0.25, 0.3) is 11.1 Å². The van der Waals surface area contributed by atoms with E-state index in [9.17, 15) is 14.4 Å². The zero-order valence-corrected chi connectivity index (χ0v) is 17.0. The smallest absolute Gasteiger partial charge is 0.349 e. The van der Waals surface area contributed by atoms with Crippen molar-refractivity contribution in [1.82, 2.24) is 19.3 Å². The molecule has 1 aliphatic heterocycles. The van der Waals surface area contributed by atoms with Gasteiger partial charge in [-0.25, -0.2) is 4.79 Å². The fourth-order valence-corrected chi connectivity index (χ4v) is 3.95. The number of fused-ring (bicyclic) bond motifs is 1. The molecule has 1 unspecified atom stereocenters. The lowest BCUT2D eigenvalue weighted by atomic mass is 10.2. The van der Waals surface area contributed by atoms with Crippen molar-refractivity contribution in [3.05, 3.63) is 76.9 Å². The number of pyridine rings is 1. The van der Waals surface area contributed by atoms with Gasteiger partial charge in [-0.15, -0.1) is 5.10 Å². The fourth-order valence-electron chi connectivity index (χ4n) is 3.39. The predicted molar refractivity (Wildman–Crippen MR) is 109 cm³/mol. The van der Waals surface area contributed by atoms with Crippen molar-refractivity contribution in [2.24, 2.45) is 0 Å². The molecule has 3 aromatic rings. The highest BCUT2D eigenvalue weighted by Crippen LogP contribution is 2.40. The van der Waals surface area contributed by atoms with Crippen molar-refractivity contribution in [1.29, 1.82) is 5.26 Å². The van der Waals surface area contributed by atoms with Crippen LogP contribution in [0.1, 0.15) is 30.8 Å². The number of aromatic nitrogens is 4. The van der Waals surface area contributed by atoms with Gasteiger partial charge in [0, 0.05) is 12.1 Å². The van der Waals surface area contributed by atoms with E-state index in [2.05, 4.69) is 5.10 Å². The highest BCUT2D eigenvalue weighted by molar-refractivity contribution is 6.37. The Hall–Kier alpha value is -3.35. The van der Waals surface area contributed by atoms with Gasteiger partial charge in [-0.1, -0.05) is 23.2 Å². The Bertz CT molecular complexity index is 1380. The van der Waals surface area contributed by atoms with Gasteiger partial charge in [0.1, 0.15) is 11.8 Å². The molecule has 0 aliphatic carbocycles. The first-order valence-electron chi connectivity index (χ1n) is 8.85. The zero-order chi connectivity index (χ0) is 21.6. The van der Waals surface area contributed by atoms with Crippen LogP contribution in [-0.2, 0) is 6.42 Å². The molecule has 0 bridgehead atoms. The monoisotopic (exact) mass is 445 g/mol. The molecule has 0 fully saturated rings. The van der Waals surface area contributed by atoms with E-state index in [1.807, 2.05) is 11.9 Å². The van der Waals surface area contributed by atoms with E-state index < -0.39 is 16.9 Å². The molecular formula is C19H13Cl2N5O4. The summed E-state index contributed by atoms with van der Waals surface area (Å²) in [5.74, 6) is 0.600. The quantitative estimate of drug-likeness (QED) is 0.660. The van der Waals surface area contributed by atoms with Gasteiger partial charge in [0.2, 0.25) is 5.69 Å². The van der Waals surface area contributed by atoms with E-state index in [0.717, 1.165) is 16.8 Å². The van der Waals surface area contributed by atoms with Crippen molar-refractivity contribution in [2.45, 2.75) is 25.8 Å². The Morgan fingerprint density at radius 1 is 1.23 bits per heavy atom. The molecule has 2 aromatic heterocycles. The highest BCUT2D eigenvalue weighted by Gasteiger charge is 2.24. The molecule has 1 aliphatic rings. The molecule has 1 N–H and O–H groups in total. The van der Waals surface area contributed by atoms with Crippen molar-refractivity contribution in [2.75, 3.05) is 0 Å². The highest BCUT2D eigenvalue weighted by atomic mass is 35.5. The van der Waals surface area contributed by atoms with Crippen LogP contribution in [-0.4, -0.2) is 19.3 Å². The van der Waals surface area contributed by atoms with Crippen molar-refractivity contribution in [3.8, 4) is 23.3 Å².